The molecule has 1 aromatic carbocycles. The van der Waals surface area contributed by atoms with E-state index in [-0.39, 0.29) is 6.10 Å². The van der Waals surface area contributed by atoms with Gasteiger partial charge in [0.25, 0.3) is 0 Å². The predicted molar refractivity (Wildman–Crippen MR) is 62.1 cm³/mol. The molecule has 0 bridgehead atoms. The van der Waals surface area contributed by atoms with Gasteiger partial charge in [0.05, 0.1) is 0 Å². The Kier molecular flexibility index (Phi) is 5.62. The van der Waals surface area contributed by atoms with E-state index in [9.17, 15) is 5.11 Å². The van der Waals surface area contributed by atoms with Gasteiger partial charge in [0.2, 0.25) is 0 Å². The number of hydrogen-bond donors (Lipinski definition) is 1. The van der Waals surface area contributed by atoms with E-state index in [0.717, 1.165) is 18.2 Å². The molecule has 0 aliphatic carbocycles. The summed E-state index contributed by atoms with van der Waals surface area (Å²) in [6.45, 7) is 3.64. The second-order valence-corrected chi connectivity index (χ2v) is 5.44. The normalized spacial score (nSPS) is 12.4. The van der Waals surface area contributed by atoms with Crippen LogP contribution in [0, 0.1) is 0 Å². The molecule has 0 spiro atoms. The molecule has 0 aliphatic rings. The zero-order chi connectivity index (χ0) is 10.2. The minimum absolute atomic E-state index is 0.159. The molecular formula is C12H16OSe. The molecule has 14 heavy (non-hydrogen) atoms. The van der Waals surface area contributed by atoms with E-state index in [0.29, 0.717) is 15.0 Å². The van der Waals surface area contributed by atoms with Crippen molar-refractivity contribution in [3.8, 4) is 0 Å². The molecule has 0 fully saturated rings. The fourth-order valence-corrected chi connectivity index (χ4v) is 2.99. The first-order valence-electron chi connectivity index (χ1n) is 4.79. The Morgan fingerprint density at radius 3 is 2.71 bits per heavy atom. The molecule has 1 atom stereocenters. The quantitative estimate of drug-likeness (QED) is 0.606. The molecule has 0 saturated heterocycles. The van der Waals surface area contributed by atoms with E-state index in [4.69, 9.17) is 0 Å². The van der Waals surface area contributed by atoms with Crippen molar-refractivity contribution in [3.63, 3.8) is 0 Å². The molecule has 0 heterocycles. The summed E-state index contributed by atoms with van der Waals surface area (Å²) in [7, 11) is 0. The second-order valence-electron chi connectivity index (χ2n) is 3.14. The fourth-order valence-electron chi connectivity index (χ4n) is 1.10. The maximum absolute atomic E-state index is 9.61. The van der Waals surface area contributed by atoms with Crippen molar-refractivity contribution in [2.45, 2.75) is 24.3 Å². The third-order valence-electron chi connectivity index (χ3n) is 1.89. The van der Waals surface area contributed by atoms with E-state index in [1.54, 1.807) is 0 Å². The summed E-state index contributed by atoms with van der Waals surface area (Å²) in [5.41, 5.74) is 0. The van der Waals surface area contributed by atoms with Crippen LogP contribution in [0.1, 0.15) is 12.8 Å². The van der Waals surface area contributed by atoms with Crippen molar-refractivity contribution >= 4 is 19.4 Å². The van der Waals surface area contributed by atoms with Crippen LogP contribution in [0.15, 0.2) is 43.0 Å². The van der Waals surface area contributed by atoms with Gasteiger partial charge in [-0.25, -0.2) is 0 Å². The van der Waals surface area contributed by atoms with Gasteiger partial charge in [0, 0.05) is 0 Å². The average Bonchev–Trinajstić information content (AvgIpc) is 2.25. The first-order chi connectivity index (χ1) is 6.83. The number of aliphatic hydroxyl groups is 1. The number of aliphatic hydroxyl groups excluding tert-OH is 1. The summed E-state index contributed by atoms with van der Waals surface area (Å²) in [4.78, 5) is 0. The van der Waals surface area contributed by atoms with Crippen molar-refractivity contribution < 1.29 is 5.11 Å². The van der Waals surface area contributed by atoms with E-state index in [1.165, 1.54) is 4.46 Å². The molecule has 76 valence electrons. The van der Waals surface area contributed by atoms with E-state index in [1.807, 2.05) is 24.3 Å². The SMILES string of the molecule is C=CCCC(O)C[Se]c1ccccc1. The van der Waals surface area contributed by atoms with Gasteiger partial charge in [0.15, 0.2) is 0 Å². The van der Waals surface area contributed by atoms with Crippen LogP contribution in [0.2, 0.25) is 5.32 Å². The molecule has 1 unspecified atom stereocenters. The van der Waals surface area contributed by atoms with Gasteiger partial charge in [-0.15, -0.1) is 0 Å². The molecule has 2 heteroatoms. The number of hydrogen-bond acceptors (Lipinski definition) is 1. The van der Waals surface area contributed by atoms with Crippen LogP contribution in [0.25, 0.3) is 0 Å². The van der Waals surface area contributed by atoms with Crippen LogP contribution in [0.5, 0.6) is 0 Å². The molecule has 1 rings (SSSR count). The van der Waals surface area contributed by atoms with Gasteiger partial charge < -0.3 is 0 Å². The van der Waals surface area contributed by atoms with Crippen LogP contribution in [0.4, 0.5) is 0 Å². The third kappa shape index (κ3) is 4.61. The summed E-state index contributed by atoms with van der Waals surface area (Å²) in [6, 6.07) is 10.4. The standard InChI is InChI=1S/C12H16OSe/c1-2-3-7-11(13)10-14-12-8-5-4-6-9-12/h2,4-6,8-9,11,13H,1,3,7,10H2. The molecule has 0 aromatic heterocycles. The van der Waals surface area contributed by atoms with E-state index >= 15 is 0 Å². The molecule has 0 radical (unpaired) electrons. The van der Waals surface area contributed by atoms with Crippen molar-refractivity contribution in [3.05, 3.63) is 43.0 Å². The van der Waals surface area contributed by atoms with Crippen molar-refractivity contribution in [2.75, 3.05) is 0 Å². The van der Waals surface area contributed by atoms with E-state index in [2.05, 4.69) is 18.7 Å². The molecule has 0 amide bonds. The van der Waals surface area contributed by atoms with Gasteiger partial charge in [-0.3, -0.25) is 0 Å². The molecule has 1 N–H and O–H groups in total. The zero-order valence-electron chi connectivity index (χ0n) is 8.23. The van der Waals surface area contributed by atoms with Crippen molar-refractivity contribution in [2.24, 2.45) is 0 Å². The third-order valence-corrected chi connectivity index (χ3v) is 4.32. The van der Waals surface area contributed by atoms with Gasteiger partial charge in [-0.1, -0.05) is 0 Å². The summed E-state index contributed by atoms with van der Waals surface area (Å²) in [5.74, 6) is 0. The minimum atomic E-state index is -0.159. The molecule has 0 saturated carbocycles. The molecule has 0 aliphatic heterocycles. The maximum atomic E-state index is 9.61. The van der Waals surface area contributed by atoms with Crippen LogP contribution in [-0.4, -0.2) is 26.2 Å². The summed E-state index contributed by atoms with van der Waals surface area (Å²) >= 11 is 0.405. The van der Waals surface area contributed by atoms with Gasteiger partial charge >= 0.3 is 91.8 Å². The van der Waals surface area contributed by atoms with Gasteiger partial charge in [-0.05, 0) is 0 Å². The van der Waals surface area contributed by atoms with Gasteiger partial charge in [0.1, 0.15) is 0 Å². The number of benzene rings is 1. The Morgan fingerprint density at radius 2 is 2.07 bits per heavy atom. The Bertz CT molecular complexity index is 258. The van der Waals surface area contributed by atoms with Crippen LogP contribution >= 0.6 is 0 Å². The van der Waals surface area contributed by atoms with Crippen molar-refractivity contribution in [1.29, 1.82) is 0 Å². The fraction of sp³-hybridized carbons (Fsp3) is 0.333. The monoisotopic (exact) mass is 256 g/mol. The summed E-state index contributed by atoms with van der Waals surface area (Å²) in [6.07, 6.45) is 3.45. The number of rotatable bonds is 6. The van der Waals surface area contributed by atoms with Crippen LogP contribution in [0.3, 0.4) is 0 Å². The number of allylic oxidation sites excluding steroid dienone is 1. The summed E-state index contributed by atoms with van der Waals surface area (Å²) in [5, 5.41) is 10.5. The Labute approximate surface area is 92.0 Å². The van der Waals surface area contributed by atoms with Gasteiger partial charge in [-0.2, -0.15) is 0 Å². The summed E-state index contributed by atoms with van der Waals surface area (Å²) < 4.78 is 1.36. The average molecular weight is 255 g/mol. The predicted octanol–water partition coefficient (Wildman–Crippen LogP) is 1.76. The molecule has 1 nitrogen and oxygen atoms in total. The Balaban J connectivity index is 2.23. The Morgan fingerprint density at radius 1 is 1.36 bits per heavy atom. The van der Waals surface area contributed by atoms with Crippen LogP contribution in [-0.2, 0) is 0 Å². The topological polar surface area (TPSA) is 20.2 Å². The molecular weight excluding hydrogens is 239 g/mol. The first-order valence-corrected chi connectivity index (χ1v) is 6.86. The first kappa shape index (κ1) is 11.5. The second kappa shape index (κ2) is 6.83. The zero-order valence-corrected chi connectivity index (χ0v) is 9.94. The van der Waals surface area contributed by atoms with Crippen molar-refractivity contribution in [1.82, 2.24) is 0 Å². The van der Waals surface area contributed by atoms with Crippen LogP contribution < -0.4 is 4.46 Å². The van der Waals surface area contributed by atoms with E-state index < -0.39 is 0 Å². The molecule has 1 aromatic rings. The Hall–Kier alpha value is -0.561.